The minimum Gasteiger partial charge on any atom is -0.321 e. The van der Waals surface area contributed by atoms with Crippen molar-refractivity contribution in [2.45, 2.75) is 33.2 Å². The third kappa shape index (κ3) is 5.22. The van der Waals surface area contributed by atoms with E-state index in [1.807, 2.05) is 50.2 Å². The standard InChI is InChI=1S/C25H32N3O2/c1-19-10-8-11-20(2)24(19)26-23(29)18-28(16-21-12-6-5-7-13-21)15-9-14-22(17-28)25(30)27(3)4/h5-8,10-13,22H,3,9,14-18H2,1-2,4H3/q+1/p+1. The second-order valence-corrected chi connectivity index (χ2v) is 8.74. The topological polar surface area (TPSA) is 49.2 Å². The molecule has 0 aromatic heterocycles. The van der Waals surface area contributed by atoms with E-state index in [2.05, 4.69) is 24.2 Å². The molecule has 0 bridgehead atoms. The minimum absolute atomic E-state index is 0.000548. The van der Waals surface area contributed by atoms with Gasteiger partial charge < -0.3 is 9.80 Å². The average Bonchev–Trinajstić information content (AvgIpc) is 2.71. The van der Waals surface area contributed by atoms with E-state index < -0.39 is 0 Å². The summed E-state index contributed by atoms with van der Waals surface area (Å²) in [6.45, 7) is 10.4. The molecule has 158 valence electrons. The van der Waals surface area contributed by atoms with Gasteiger partial charge in [0.1, 0.15) is 26.2 Å². The largest absolute Gasteiger partial charge is 0.394 e. The molecule has 2 aromatic carbocycles. The molecule has 0 radical (unpaired) electrons. The van der Waals surface area contributed by atoms with Crippen LogP contribution in [-0.4, -0.2) is 54.3 Å². The Labute approximate surface area is 179 Å². The molecule has 0 saturated carbocycles. The van der Waals surface area contributed by atoms with Crippen molar-refractivity contribution in [3.63, 3.8) is 0 Å². The summed E-state index contributed by atoms with van der Waals surface area (Å²) >= 11 is 0. The molecular weight excluding hydrogens is 374 g/mol. The zero-order chi connectivity index (χ0) is 21.7. The lowest BCUT2D eigenvalue weighted by Crippen LogP contribution is -2.58. The van der Waals surface area contributed by atoms with Crippen LogP contribution in [0.2, 0.25) is 0 Å². The molecule has 2 atom stereocenters. The van der Waals surface area contributed by atoms with Crippen LogP contribution in [0.5, 0.6) is 0 Å². The number of carbonyl (C=O) groups excluding carboxylic acids is 2. The van der Waals surface area contributed by atoms with Gasteiger partial charge in [-0.15, -0.1) is 0 Å². The summed E-state index contributed by atoms with van der Waals surface area (Å²) in [7, 11) is 1.70. The normalized spacial score (nSPS) is 21.1. The summed E-state index contributed by atoms with van der Waals surface area (Å²) in [5.74, 6) is -0.0437. The van der Waals surface area contributed by atoms with E-state index in [9.17, 15) is 9.59 Å². The van der Waals surface area contributed by atoms with Crippen LogP contribution >= 0.6 is 0 Å². The number of hydrogen-bond acceptors (Lipinski definition) is 2. The highest BCUT2D eigenvalue weighted by atomic mass is 16.2. The van der Waals surface area contributed by atoms with Gasteiger partial charge in [-0.25, -0.2) is 4.79 Å². The van der Waals surface area contributed by atoms with Crippen LogP contribution in [0.3, 0.4) is 0 Å². The number of likely N-dealkylation sites (tertiary alicyclic amines) is 1. The van der Waals surface area contributed by atoms with Crippen molar-refractivity contribution in [3.05, 3.63) is 65.2 Å². The molecule has 0 aliphatic carbocycles. The fourth-order valence-corrected chi connectivity index (χ4v) is 4.65. The van der Waals surface area contributed by atoms with Gasteiger partial charge in [0, 0.05) is 11.3 Å². The van der Waals surface area contributed by atoms with Crippen LogP contribution in [0.4, 0.5) is 5.69 Å². The van der Waals surface area contributed by atoms with E-state index >= 15 is 0 Å². The van der Waals surface area contributed by atoms with Gasteiger partial charge in [-0.1, -0.05) is 48.5 Å². The van der Waals surface area contributed by atoms with E-state index in [4.69, 9.17) is 0 Å². The van der Waals surface area contributed by atoms with E-state index in [-0.39, 0.29) is 17.7 Å². The highest BCUT2D eigenvalue weighted by Crippen LogP contribution is 2.28. The first-order valence-corrected chi connectivity index (χ1v) is 10.6. The molecule has 2 amide bonds. The first kappa shape index (κ1) is 21.9. The Morgan fingerprint density at radius 1 is 1.10 bits per heavy atom. The number of piperidine rings is 1. The summed E-state index contributed by atoms with van der Waals surface area (Å²) < 4.78 is 2.02. The number of nitrogens with zero attached hydrogens (tertiary/aromatic N) is 2. The fourth-order valence-electron chi connectivity index (χ4n) is 4.65. The number of amides is 2. The van der Waals surface area contributed by atoms with Gasteiger partial charge in [-0.05, 0) is 37.8 Å². The first-order valence-electron chi connectivity index (χ1n) is 10.6. The molecule has 1 saturated heterocycles. The van der Waals surface area contributed by atoms with E-state index in [1.165, 1.54) is 10.1 Å². The number of aryl methyl sites for hydroxylation is 2. The number of para-hydroxylation sites is 1. The van der Waals surface area contributed by atoms with Gasteiger partial charge in [0.15, 0.2) is 6.54 Å². The summed E-state index contributed by atoms with van der Waals surface area (Å²) in [5.41, 5.74) is 4.20. The predicted octanol–water partition coefficient (Wildman–Crippen LogP) is 3.54. The summed E-state index contributed by atoms with van der Waals surface area (Å²) in [5, 5.41) is 3.14. The molecule has 0 spiro atoms. The van der Waals surface area contributed by atoms with Gasteiger partial charge >= 0.3 is 5.91 Å². The Balaban J connectivity index is 1.84. The van der Waals surface area contributed by atoms with E-state index in [0.717, 1.165) is 42.7 Å². The molecule has 3 rings (SSSR count). The lowest BCUT2D eigenvalue weighted by molar-refractivity contribution is -0.940. The Morgan fingerprint density at radius 2 is 1.77 bits per heavy atom. The van der Waals surface area contributed by atoms with Crippen LogP contribution < -0.4 is 5.32 Å². The lowest BCUT2D eigenvalue weighted by Gasteiger charge is -2.42. The number of carbonyl (C=O) groups is 2. The Kier molecular flexibility index (Phi) is 6.83. The SMILES string of the molecule is C=[N+](C)C(=O)C1CCC[N+](CC(=O)Nc2c(C)cccc2C)(Cc2ccccc2)C1. The molecule has 1 N–H and O–H groups in total. The van der Waals surface area contributed by atoms with Crippen molar-refractivity contribution >= 4 is 24.2 Å². The van der Waals surface area contributed by atoms with Crippen molar-refractivity contribution < 1.29 is 18.6 Å². The smallest absolute Gasteiger partial charge is 0.321 e. The molecule has 2 unspecified atom stereocenters. The molecule has 1 heterocycles. The van der Waals surface area contributed by atoms with Crippen molar-refractivity contribution in [2.24, 2.45) is 5.92 Å². The van der Waals surface area contributed by atoms with Crippen LogP contribution in [0.1, 0.15) is 29.5 Å². The number of hydrogen-bond donors (Lipinski definition) is 1. The zero-order valence-electron chi connectivity index (χ0n) is 18.4. The first-order chi connectivity index (χ1) is 14.3. The highest BCUT2D eigenvalue weighted by molar-refractivity contribution is 5.93. The Hall–Kier alpha value is -2.79. The summed E-state index contributed by atoms with van der Waals surface area (Å²) in [6, 6.07) is 16.3. The van der Waals surface area contributed by atoms with Crippen molar-refractivity contribution in [2.75, 3.05) is 32.0 Å². The molecule has 30 heavy (non-hydrogen) atoms. The van der Waals surface area contributed by atoms with Gasteiger partial charge in [-0.3, -0.25) is 4.79 Å². The maximum absolute atomic E-state index is 13.2. The minimum atomic E-state index is -0.0991. The molecule has 5 heteroatoms. The van der Waals surface area contributed by atoms with Crippen molar-refractivity contribution in [1.29, 1.82) is 0 Å². The van der Waals surface area contributed by atoms with E-state index in [0.29, 0.717) is 17.6 Å². The molecule has 5 nitrogen and oxygen atoms in total. The molecule has 2 aromatic rings. The van der Waals surface area contributed by atoms with Crippen molar-refractivity contribution in [3.8, 4) is 0 Å². The molecule has 1 fully saturated rings. The quantitative estimate of drug-likeness (QED) is 0.452. The zero-order valence-corrected chi connectivity index (χ0v) is 18.4. The van der Waals surface area contributed by atoms with Gasteiger partial charge in [0.2, 0.25) is 0 Å². The number of anilines is 1. The van der Waals surface area contributed by atoms with E-state index in [1.54, 1.807) is 7.05 Å². The summed E-state index contributed by atoms with van der Waals surface area (Å²) in [4.78, 5) is 25.8. The third-order valence-electron chi connectivity index (χ3n) is 6.10. The number of rotatable bonds is 6. The Bertz CT molecular complexity index is 918. The highest BCUT2D eigenvalue weighted by Gasteiger charge is 2.42. The summed E-state index contributed by atoms with van der Waals surface area (Å²) in [6.07, 6.45) is 1.78. The monoisotopic (exact) mass is 407 g/mol. The second kappa shape index (κ2) is 9.35. The number of benzene rings is 2. The second-order valence-electron chi connectivity index (χ2n) is 8.74. The van der Waals surface area contributed by atoms with Crippen LogP contribution in [0.25, 0.3) is 0 Å². The fraction of sp³-hybridized carbons (Fsp3) is 0.400. The lowest BCUT2D eigenvalue weighted by atomic mass is 9.93. The maximum atomic E-state index is 13.2. The van der Waals surface area contributed by atoms with Crippen LogP contribution in [0.15, 0.2) is 48.5 Å². The molecule has 1 aliphatic heterocycles. The Morgan fingerprint density at radius 3 is 2.40 bits per heavy atom. The molecule has 1 aliphatic rings. The van der Waals surface area contributed by atoms with Crippen LogP contribution in [0, 0.1) is 19.8 Å². The molecular formula is C25H33N3O2+2. The van der Waals surface area contributed by atoms with Gasteiger partial charge in [0.05, 0.1) is 13.1 Å². The van der Waals surface area contributed by atoms with Crippen LogP contribution in [-0.2, 0) is 16.1 Å². The number of nitrogens with one attached hydrogen (secondary N) is 1. The van der Waals surface area contributed by atoms with Gasteiger partial charge in [-0.2, -0.15) is 4.58 Å². The average molecular weight is 408 g/mol. The number of quaternary nitrogens is 1. The third-order valence-corrected chi connectivity index (χ3v) is 6.10. The van der Waals surface area contributed by atoms with Gasteiger partial charge in [0.25, 0.3) is 5.91 Å². The maximum Gasteiger partial charge on any atom is 0.394 e. The van der Waals surface area contributed by atoms with Crippen molar-refractivity contribution in [1.82, 2.24) is 0 Å². The predicted molar refractivity (Wildman–Crippen MR) is 121 cm³/mol.